The minimum absolute atomic E-state index is 0.0736. The average molecular weight is 348 g/mol. The molecule has 124 valence electrons. The molecule has 0 aliphatic heterocycles. The van der Waals surface area contributed by atoms with Crippen molar-refractivity contribution >= 4 is 35.1 Å². The van der Waals surface area contributed by atoms with Gasteiger partial charge in [0.1, 0.15) is 0 Å². The fourth-order valence-electron chi connectivity index (χ4n) is 2.25. The second-order valence-electron chi connectivity index (χ2n) is 5.02. The van der Waals surface area contributed by atoms with Gasteiger partial charge in [0.15, 0.2) is 0 Å². The Morgan fingerprint density at radius 1 is 1.00 bits per heavy atom. The molecule has 7 heteroatoms. The lowest BCUT2D eigenvalue weighted by atomic mass is 9.95. The molecular formula is C17H14ClNO5. The Morgan fingerprint density at radius 3 is 2.25 bits per heavy atom. The lowest BCUT2D eigenvalue weighted by Crippen LogP contribution is -2.22. The Bertz CT molecular complexity index is 790. The molecule has 0 radical (unpaired) electrons. The van der Waals surface area contributed by atoms with Crippen LogP contribution in [0.3, 0.4) is 0 Å². The predicted molar refractivity (Wildman–Crippen MR) is 88.5 cm³/mol. The number of halogens is 1. The van der Waals surface area contributed by atoms with Gasteiger partial charge in [-0.15, -0.1) is 0 Å². The highest BCUT2D eigenvalue weighted by atomic mass is 35.5. The van der Waals surface area contributed by atoms with Crippen molar-refractivity contribution < 1.29 is 24.6 Å². The maximum absolute atomic E-state index is 12.2. The molecule has 0 saturated heterocycles. The summed E-state index contributed by atoms with van der Waals surface area (Å²) in [7, 11) is 0. The Morgan fingerprint density at radius 2 is 1.62 bits per heavy atom. The number of aliphatic carboxylic acids is 1. The van der Waals surface area contributed by atoms with Crippen molar-refractivity contribution in [2.24, 2.45) is 0 Å². The molecule has 1 atom stereocenters. The highest BCUT2D eigenvalue weighted by Crippen LogP contribution is 2.28. The summed E-state index contributed by atoms with van der Waals surface area (Å²) in [5, 5.41) is 21.2. The third-order valence-electron chi connectivity index (χ3n) is 3.40. The van der Waals surface area contributed by atoms with Gasteiger partial charge in [-0.2, -0.15) is 0 Å². The first-order chi connectivity index (χ1) is 11.4. The monoisotopic (exact) mass is 347 g/mol. The zero-order valence-electron chi connectivity index (χ0n) is 12.4. The van der Waals surface area contributed by atoms with Crippen LogP contribution in [-0.4, -0.2) is 28.1 Å². The summed E-state index contributed by atoms with van der Waals surface area (Å²) in [4.78, 5) is 34.8. The number of hydrogen-bond donors (Lipinski definition) is 3. The lowest BCUT2D eigenvalue weighted by Gasteiger charge is -2.15. The van der Waals surface area contributed by atoms with E-state index < -0.39 is 23.8 Å². The first-order valence-electron chi connectivity index (χ1n) is 6.99. The number of benzene rings is 2. The van der Waals surface area contributed by atoms with Crippen LogP contribution in [0.4, 0.5) is 5.69 Å². The number of aromatic carboxylic acids is 1. The summed E-state index contributed by atoms with van der Waals surface area (Å²) in [6, 6.07) is 12.3. The van der Waals surface area contributed by atoms with Gasteiger partial charge in [0.25, 0.3) is 0 Å². The van der Waals surface area contributed by atoms with Gasteiger partial charge in [-0.1, -0.05) is 41.9 Å². The zero-order chi connectivity index (χ0) is 17.7. The molecule has 0 saturated carbocycles. The van der Waals surface area contributed by atoms with Crippen molar-refractivity contribution in [3.63, 3.8) is 0 Å². The average Bonchev–Trinajstić information content (AvgIpc) is 2.53. The van der Waals surface area contributed by atoms with E-state index in [-0.39, 0.29) is 22.7 Å². The first-order valence-corrected chi connectivity index (χ1v) is 7.37. The van der Waals surface area contributed by atoms with Crippen LogP contribution in [-0.2, 0) is 9.59 Å². The number of amides is 1. The molecule has 24 heavy (non-hydrogen) atoms. The molecule has 2 rings (SSSR count). The minimum Gasteiger partial charge on any atom is -0.481 e. The Balaban J connectivity index is 2.20. The Kier molecular flexibility index (Phi) is 5.55. The highest BCUT2D eigenvalue weighted by Gasteiger charge is 2.25. The Hall–Kier alpha value is -2.86. The van der Waals surface area contributed by atoms with E-state index in [2.05, 4.69) is 5.32 Å². The van der Waals surface area contributed by atoms with Crippen molar-refractivity contribution in [2.75, 3.05) is 5.32 Å². The summed E-state index contributed by atoms with van der Waals surface area (Å²) >= 11 is 6.00. The van der Waals surface area contributed by atoms with E-state index in [9.17, 15) is 19.5 Å². The van der Waals surface area contributed by atoms with E-state index in [1.165, 1.54) is 18.2 Å². The van der Waals surface area contributed by atoms with Crippen molar-refractivity contribution in [1.29, 1.82) is 0 Å². The van der Waals surface area contributed by atoms with E-state index in [1.807, 2.05) is 0 Å². The molecule has 3 N–H and O–H groups in total. The third kappa shape index (κ3) is 4.11. The predicted octanol–water partition coefficient (Wildman–Crippen LogP) is 3.24. The van der Waals surface area contributed by atoms with Crippen LogP contribution in [0.5, 0.6) is 0 Å². The van der Waals surface area contributed by atoms with Gasteiger partial charge in [-0.25, -0.2) is 4.79 Å². The highest BCUT2D eigenvalue weighted by molar-refractivity contribution is 6.31. The summed E-state index contributed by atoms with van der Waals surface area (Å²) in [5.41, 5.74) is 0.363. The molecule has 6 nitrogen and oxygen atoms in total. The van der Waals surface area contributed by atoms with Crippen molar-refractivity contribution in [3.8, 4) is 0 Å². The number of anilines is 1. The van der Waals surface area contributed by atoms with Gasteiger partial charge >= 0.3 is 11.9 Å². The SMILES string of the molecule is O=C(C[C@H](C(=O)O)c1ccccc1Cl)Nc1ccccc1C(=O)O. The van der Waals surface area contributed by atoms with Crippen LogP contribution >= 0.6 is 11.6 Å². The Labute approximate surface area is 142 Å². The lowest BCUT2D eigenvalue weighted by molar-refractivity contribution is -0.140. The summed E-state index contributed by atoms with van der Waals surface area (Å²) in [6.45, 7) is 0. The molecule has 0 aliphatic carbocycles. The molecule has 1 amide bonds. The number of carbonyl (C=O) groups excluding carboxylic acids is 1. The van der Waals surface area contributed by atoms with Crippen molar-refractivity contribution in [1.82, 2.24) is 0 Å². The van der Waals surface area contributed by atoms with Crippen LogP contribution in [0.1, 0.15) is 28.3 Å². The number of carboxylic acid groups (broad SMARTS) is 2. The molecule has 0 unspecified atom stereocenters. The zero-order valence-corrected chi connectivity index (χ0v) is 13.2. The summed E-state index contributed by atoms with van der Waals surface area (Å²) in [6.07, 6.45) is -0.368. The summed E-state index contributed by atoms with van der Waals surface area (Å²) in [5.74, 6) is -4.12. The van der Waals surface area contributed by atoms with E-state index >= 15 is 0 Å². The second kappa shape index (κ2) is 7.61. The number of carboxylic acids is 2. The molecule has 0 bridgehead atoms. The topological polar surface area (TPSA) is 104 Å². The smallest absolute Gasteiger partial charge is 0.337 e. The van der Waals surface area contributed by atoms with E-state index in [4.69, 9.17) is 16.7 Å². The first kappa shape index (κ1) is 17.5. The van der Waals surface area contributed by atoms with Crippen LogP contribution in [0.15, 0.2) is 48.5 Å². The fraction of sp³-hybridized carbons (Fsp3) is 0.118. The summed E-state index contributed by atoms with van der Waals surface area (Å²) < 4.78 is 0. The van der Waals surface area contributed by atoms with Gasteiger partial charge < -0.3 is 15.5 Å². The quantitative estimate of drug-likeness (QED) is 0.744. The number of para-hydroxylation sites is 1. The number of hydrogen-bond acceptors (Lipinski definition) is 3. The van der Waals surface area contributed by atoms with E-state index in [1.54, 1.807) is 30.3 Å². The van der Waals surface area contributed by atoms with Gasteiger partial charge in [0.05, 0.1) is 17.2 Å². The van der Waals surface area contributed by atoms with Crippen molar-refractivity contribution in [3.05, 3.63) is 64.7 Å². The van der Waals surface area contributed by atoms with Gasteiger partial charge in [0, 0.05) is 11.4 Å². The molecule has 2 aromatic carbocycles. The van der Waals surface area contributed by atoms with Crippen LogP contribution in [0.25, 0.3) is 0 Å². The molecule has 0 aromatic heterocycles. The van der Waals surface area contributed by atoms with Crippen LogP contribution < -0.4 is 5.32 Å². The molecule has 0 aliphatic rings. The van der Waals surface area contributed by atoms with Crippen LogP contribution in [0, 0.1) is 0 Å². The molecule has 0 spiro atoms. The van der Waals surface area contributed by atoms with Gasteiger partial charge in [0.2, 0.25) is 5.91 Å². The fourth-order valence-corrected chi connectivity index (χ4v) is 2.52. The molecular weight excluding hydrogens is 334 g/mol. The largest absolute Gasteiger partial charge is 0.481 e. The van der Waals surface area contributed by atoms with Crippen LogP contribution in [0.2, 0.25) is 5.02 Å². The maximum atomic E-state index is 12.2. The third-order valence-corrected chi connectivity index (χ3v) is 3.74. The van der Waals surface area contributed by atoms with Gasteiger partial charge in [-0.3, -0.25) is 9.59 Å². The van der Waals surface area contributed by atoms with Crippen molar-refractivity contribution in [2.45, 2.75) is 12.3 Å². The minimum atomic E-state index is -1.19. The van der Waals surface area contributed by atoms with E-state index in [0.29, 0.717) is 5.56 Å². The normalized spacial score (nSPS) is 11.5. The van der Waals surface area contributed by atoms with Gasteiger partial charge in [-0.05, 0) is 23.8 Å². The number of nitrogens with one attached hydrogen (secondary N) is 1. The second-order valence-corrected chi connectivity index (χ2v) is 5.42. The number of carbonyl (C=O) groups is 3. The molecule has 0 heterocycles. The molecule has 0 fully saturated rings. The standard InChI is InChI=1S/C17H14ClNO5/c18-13-7-3-1-5-10(13)12(17(23)24)9-15(20)19-14-8-4-2-6-11(14)16(21)22/h1-8,12H,9H2,(H,19,20)(H,21,22)(H,23,24)/t12-/m0/s1. The maximum Gasteiger partial charge on any atom is 0.337 e. The molecule has 2 aromatic rings. The number of rotatable bonds is 6. The van der Waals surface area contributed by atoms with E-state index in [0.717, 1.165) is 0 Å².